The van der Waals surface area contributed by atoms with E-state index >= 15 is 0 Å². The quantitative estimate of drug-likeness (QED) is 0.850. The molecule has 5 nitrogen and oxygen atoms in total. The van der Waals surface area contributed by atoms with Crippen LogP contribution in [0.25, 0.3) is 11.0 Å². The molecule has 1 aromatic carbocycles. The standard InChI is InChI=1S/C18H19FN2O3/c1-11-14-10-13(19)4-5-15(14)24-16(11)18(23)21-8-6-20(7-9-21)17(22)12-2-3-12/h4-5,10,12H,2-3,6-9H2,1H3. The Bertz CT molecular complexity index is 817. The van der Waals surface area contributed by atoms with Crippen LogP contribution in [0.2, 0.25) is 0 Å². The summed E-state index contributed by atoms with van der Waals surface area (Å²) in [7, 11) is 0. The molecule has 1 saturated heterocycles. The summed E-state index contributed by atoms with van der Waals surface area (Å²) in [4.78, 5) is 28.4. The Kier molecular flexibility index (Phi) is 3.55. The van der Waals surface area contributed by atoms with Gasteiger partial charge >= 0.3 is 0 Å². The van der Waals surface area contributed by atoms with Crippen LogP contribution in [0.15, 0.2) is 22.6 Å². The summed E-state index contributed by atoms with van der Waals surface area (Å²) in [6.45, 7) is 3.90. The summed E-state index contributed by atoms with van der Waals surface area (Å²) in [6.07, 6.45) is 1.99. The van der Waals surface area contributed by atoms with Crippen molar-refractivity contribution in [1.29, 1.82) is 0 Å². The zero-order valence-corrected chi connectivity index (χ0v) is 13.5. The van der Waals surface area contributed by atoms with Crippen LogP contribution in [0.3, 0.4) is 0 Å². The predicted molar refractivity (Wildman–Crippen MR) is 86.1 cm³/mol. The van der Waals surface area contributed by atoms with E-state index in [1.165, 1.54) is 12.1 Å². The molecule has 126 valence electrons. The van der Waals surface area contributed by atoms with Crippen molar-refractivity contribution >= 4 is 22.8 Å². The number of piperazine rings is 1. The second kappa shape index (κ2) is 5.61. The number of benzene rings is 1. The Morgan fingerprint density at radius 3 is 2.46 bits per heavy atom. The Balaban J connectivity index is 1.50. The average Bonchev–Trinajstić information content (AvgIpc) is 3.39. The lowest BCUT2D eigenvalue weighted by Crippen LogP contribution is -2.51. The number of amides is 2. The minimum atomic E-state index is -0.349. The van der Waals surface area contributed by atoms with Gasteiger partial charge in [-0.3, -0.25) is 9.59 Å². The van der Waals surface area contributed by atoms with Crippen LogP contribution in [0.5, 0.6) is 0 Å². The van der Waals surface area contributed by atoms with Crippen LogP contribution in [-0.2, 0) is 4.79 Å². The van der Waals surface area contributed by atoms with Crippen LogP contribution in [0.4, 0.5) is 4.39 Å². The minimum Gasteiger partial charge on any atom is -0.451 e. The van der Waals surface area contributed by atoms with Crippen molar-refractivity contribution in [1.82, 2.24) is 9.80 Å². The molecule has 1 saturated carbocycles. The zero-order chi connectivity index (χ0) is 16.8. The van der Waals surface area contributed by atoms with Crippen molar-refractivity contribution in [2.24, 2.45) is 5.92 Å². The number of carbonyl (C=O) groups excluding carboxylic acids is 2. The van der Waals surface area contributed by atoms with E-state index in [4.69, 9.17) is 4.42 Å². The number of aryl methyl sites for hydroxylation is 1. The van der Waals surface area contributed by atoms with Gasteiger partial charge in [0, 0.05) is 43.0 Å². The van der Waals surface area contributed by atoms with Crippen molar-refractivity contribution in [3.8, 4) is 0 Å². The minimum absolute atomic E-state index is 0.192. The summed E-state index contributed by atoms with van der Waals surface area (Å²) in [5.41, 5.74) is 1.17. The third-order valence-corrected chi connectivity index (χ3v) is 4.90. The molecule has 0 bridgehead atoms. The maximum absolute atomic E-state index is 13.4. The van der Waals surface area contributed by atoms with Gasteiger partial charge in [-0.05, 0) is 38.0 Å². The average molecular weight is 330 g/mol. The second-order valence-corrected chi connectivity index (χ2v) is 6.59. The first-order chi connectivity index (χ1) is 11.5. The Hall–Kier alpha value is -2.37. The fraction of sp³-hybridized carbons (Fsp3) is 0.444. The molecule has 0 atom stereocenters. The number of nitrogens with zero attached hydrogens (tertiary/aromatic N) is 2. The first-order valence-corrected chi connectivity index (χ1v) is 8.31. The highest BCUT2D eigenvalue weighted by molar-refractivity contribution is 5.99. The molecule has 1 aromatic heterocycles. The smallest absolute Gasteiger partial charge is 0.290 e. The van der Waals surface area contributed by atoms with Gasteiger partial charge in [0.05, 0.1) is 0 Å². The monoisotopic (exact) mass is 330 g/mol. The lowest BCUT2D eigenvalue weighted by atomic mass is 10.1. The number of hydrogen-bond acceptors (Lipinski definition) is 3. The van der Waals surface area contributed by atoms with Gasteiger partial charge in [-0.15, -0.1) is 0 Å². The van der Waals surface area contributed by atoms with Crippen molar-refractivity contribution in [2.75, 3.05) is 26.2 Å². The van der Waals surface area contributed by atoms with E-state index in [1.807, 2.05) is 4.90 Å². The van der Waals surface area contributed by atoms with Gasteiger partial charge < -0.3 is 14.2 Å². The molecule has 0 spiro atoms. The summed E-state index contributed by atoms with van der Waals surface area (Å²) < 4.78 is 19.0. The van der Waals surface area contributed by atoms with Gasteiger partial charge in [0.2, 0.25) is 5.91 Å². The molecule has 2 amide bonds. The Labute approximate surface area is 139 Å². The Morgan fingerprint density at radius 1 is 1.12 bits per heavy atom. The van der Waals surface area contributed by atoms with Crippen LogP contribution in [0.1, 0.15) is 29.0 Å². The Morgan fingerprint density at radius 2 is 1.79 bits per heavy atom. The molecule has 2 aromatic rings. The van der Waals surface area contributed by atoms with E-state index in [-0.39, 0.29) is 29.3 Å². The van der Waals surface area contributed by atoms with Gasteiger partial charge in [0.1, 0.15) is 11.4 Å². The molecule has 0 N–H and O–H groups in total. The maximum Gasteiger partial charge on any atom is 0.290 e. The number of halogens is 1. The summed E-state index contributed by atoms with van der Waals surface area (Å²) >= 11 is 0. The first-order valence-electron chi connectivity index (χ1n) is 8.31. The molecule has 2 fully saturated rings. The molecule has 6 heteroatoms. The normalized spacial score (nSPS) is 18.2. The van der Waals surface area contributed by atoms with Crippen LogP contribution in [-0.4, -0.2) is 47.8 Å². The molecule has 2 heterocycles. The molecular formula is C18H19FN2O3. The molecule has 4 rings (SSSR count). The van der Waals surface area contributed by atoms with Crippen LogP contribution >= 0.6 is 0 Å². The number of fused-ring (bicyclic) bond motifs is 1. The lowest BCUT2D eigenvalue weighted by Gasteiger charge is -2.34. The van der Waals surface area contributed by atoms with Crippen molar-refractivity contribution in [3.05, 3.63) is 35.3 Å². The molecular weight excluding hydrogens is 311 g/mol. The topological polar surface area (TPSA) is 53.8 Å². The van der Waals surface area contributed by atoms with Gasteiger partial charge in [0.25, 0.3) is 5.91 Å². The highest BCUT2D eigenvalue weighted by Gasteiger charge is 2.35. The fourth-order valence-corrected chi connectivity index (χ4v) is 3.26. The maximum atomic E-state index is 13.4. The number of rotatable bonds is 2. The SMILES string of the molecule is Cc1c(C(=O)N2CCN(C(=O)C3CC3)CC2)oc2ccc(F)cc12. The van der Waals surface area contributed by atoms with Crippen LogP contribution < -0.4 is 0 Å². The predicted octanol–water partition coefficient (Wildman–Crippen LogP) is 2.57. The molecule has 2 aliphatic rings. The number of carbonyl (C=O) groups is 2. The zero-order valence-electron chi connectivity index (χ0n) is 13.5. The van der Waals surface area contributed by atoms with Crippen molar-refractivity contribution in [2.45, 2.75) is 19.8 Å². The molecule has 0 unspecified atom stereocenters. The molecule has 24 heavy (non-hydrogen) atoms. The van der Waals surface area contributed by atoms with Gasteiger partial charge in [-0.25, -0.2) is 4.39 Å². The summed E-state index contributed by atoms with van der Waals surface area (Å²) in [5.74, 6) is 0.148. The van der Waals surface area contributed by atoms with Gasteiger partial charge in [-0.2, -0.15) is 0 Å². The molecule has 1 aliphatic heterocycles. The first kappa shape index (κ1) is 15.2. The van der Waals surface area contributed by atoms with Gasteiger partial charge in [0.15, 0.2) is 5.76 Å². The number of furan rings is 1. The van der Waals surface area contributed by atoms with E-state index in [0.717, 1.165) is 12.8 Å². The van der Waals surface area contributed by atoms with Crippen molar-refractivity contribution in [3.63, 3.8) is 0 Å². The van der Waals surface area contributed by atoms with Gasteiger partial charge in [-0.1, -0.05) is 0 Å². The summed E-state index contributed by atoms with van der Waals surface area (Å²) in [5, 5.41) is 0.626. The van der Waals surface area contributed by atoms with E-state index in [2.05, 4.69) is 0 Å². The highest BCUT2D eigenvalue weighted by atomic mass is 19.1. The highest BCUT2D eigenvalue weighted by Crippen LogP contribution is 2.31. The van der Waals surface area contributed by atoms with E-state index in [9.17, 15) is 14.0 Å². The largest absolute Gasteiger partial charge is 0.451 e. The van der Waals surface area contributed by atoms with E-state index < -0.39 is 0 Å². The van der Waals surface area contributed by atoms with E-state index in [1.54, 1.807) is 17.9 Å². The number of hydrogen-bond donors (Lipinski definition) is 0. The van der Waals surface area contributed by atoms with E-state index in [0.29, 0.717) is 42.7 Å². The van der Waals surface area contributed by atoms with Crippen molar-refractivity contribution < 1.29 is 18.4 Å². The third kappa shape index (κ3) is 2.56. The molecule has 1 aliphatic carbocycles. The second-order valence-electron chi connectivity index (χ2n) is 6.59. The van der Waals surface area contributed by atoms with Crippen LogP contribution in [0, 0.1) is 18.7 Å². The molecule has 0 radical (unpaired) electrons. The lowest BCUT2D eigenvalue weighted by molar-refractivity contribution is -0.134. The fourth-order valence-electron chi connectivity index (χ4n) is 3.26. The summed E-state index contributed by atoms with van der Waals surface area (Å²) in [6, 6.07) is 4.25. The third-order valence-electron chi connectivity index (χ3n) is 4.90.